The van der Waals surface area contributed by atoms with Gasteiger partial charge in [0.25, 0.3) is 0 Å². The Morgan fingerprint density at radius 1 is 1.30 bits per heavy atom. The first kappa shape index (κ1) is 7.29. The fourth-order valence-electron chi connectivity index (χ4n) is 0.968. The van der Waals surface area contributed by atoms with Crippen molar-refractivity contribution in [3.8, 4) is 0 Å². The first-order valence-corrected chi connectivity index (χ1v) is 3.39. The van der Waals surface area contributed by atoms with Gasteiger partial charge in [-0.15, -0.1) is 0 Å². The maximum atomic E-state index is 10.5. The first-order valence-electron chi connectivity index (χ1n) is 3.39. The third-order valence-corrected chi connectivity index (χ3v) is 1.87. The summed E-state index contributed by atoms with van der Waals surface area (Å²) in [5, 5.41) is 10.5. The summed E-state index contributed by atoms with van der Waals surface area (Å²) in [6.07, 6.45) is 0. The molecule has 1 rings (SSSR count). The maximum Gasteiger partial charge on any atom is 0.108 e. The number of hydrogen-bond acceptors (Lipinski definition) is 0. The topological polar surface area (TPSA) is 19.9 Å². The number of hydrogen-bond donors (Lipinski definition) is 0. The van der Waals surface area contributed by atoms with E-state index in [9.17, 15) is 5.11 Å². The average molecular weight is 135 g/mol. The monoisotopic (exact) mass is 135 g/mol. The van der Waals surface area contributed by atoms with Crippen LogP contribution in [-0.2, 0) is 11.7 Å². The van der Waals surface area contributed by atoms with Crippen LogP contribution in [0.2, 0.25) is 0 Å². The van der Waals surface area contributed by atoms with E-state index in [0.29, 0.717) is 0 Å². The molecule has 0 spiro atoms. The minimum Gasteiger partial charge on any atom is -0.232 e. The lowest BCUT2D eigenvalue weighted by molar-refractivity contribution is 0.177. The molecule has 0 saturated carbocycles. The predicted molar refractivity (Wildman–Crippen MR) is 40.3 cm³/mol. The second kappa shape index (κ2) is 2.84. The van der Waals surface area contributed by atoms with Gasteiger partial charge in [-0.25, -0.2) is 5.11 Å². The summed E-state index contributed by atoms with van der Waals surface area (Å²) in [6.45, 7) is 3.91. The van der Waals surface area contributed by atoms with Gasteiger partial charge >= 0.3 is 0 Å². The van der Waals surface area contributed by atoms with Crippen molar-refractivity contribution in [1.82, 2.24) is 0 Å². The number of rotatable bonds is 1. The SMILES string of the molecule is Cc1cccc(C[O])c1C. The van der Waals surface area contributed by atoms with E-state index in [0.717, 1.165) is 11.1 Å². The van der Waals surface area contributed by atoms with Crippen LogP contribution in [0.4, 0.5) is 0 Å². The lowest BCUT2D eigenvalue weighted by atomic mass is 10.0. The molecule has 0 atom stereocenters. The molecular formula is C9H11O. The van der Waals surface area contributed by atoms with Crippen molar-refractivity contribution in [2.75, 3.05) is 0 Å². The molecule has 0 aliphatic carbocycles. The predicted octanol–water partition coefficient (Wildman–Crippen LogP) is 2.23. The van der Waals surface area contributed by atoms with Crippen molar-refractivity contribution in [2.24, 2.45) is 0 Å². The quantitative estimate of drug-likeness (QED) is 0.562. The molecule has 53 valence electrons. The third kappa shape index (κ3) is 1.19. The zero-order valence-electron chi connectivity index (χ0n) is 6.35. The fraction of sp³-hybridized carbons (Fsp3) is 0.333. The Balaban J connectivity index is 3.14. The molecule has 0 unspecified atom stereocenters. The molecule has 1 nitrogen and oxygen atoms in total. The smallest absolute Gasteiger partial charge is 0.108 e. The summed E-state index contributed by atoms with van der Waals surface area (Å²) in [7, 11) is 0. The Morgan fingerprint density at radius 2 is 2.00 bits per heavy atom. The van der Waals surface area contributed by atoms with Crippen molar-refractivity contribution >= 4 is 0 Å². The number of benzene rings is 1. The molecule has 1 heteroatoms. The van der Waals surface area contributed by atoms with Crippen LogP contribution in [0.1, 0.15) is 16.7 Å². The van der Waals surface area contributed by atoms with E-state index in [1.807, 2.05) is 32.0 Å². The molecule has 0 aliphatic rings. The van der Waals surface area contributed by atoms with Crippen LogP contribution >= 0.6 is 0 Å². The summed E-state index contributed by atoms with van der Waals surface area (Å²) < 4.78 is 0. The zero-order chi connectivity index (χ0) is 7.56. The van der Waals surface area contributed by atoms with Gasteiger partial charge in [0, 0.05) is 0 Å². The van der Waals surface area contributed by atoms with Gasteiger partial charge in [0.05, 0.1) is 0 Å². The first-order chi connectivity index (χ1) is 4.75. The normalized spacial score (nSPS) is 9.90. The fourth-order valence-corrected chi connectivity index (χ4v) is 0.968. The molecule has 0 aliphatic heterocycles. The van der Waals surface area contributed by atoms with Crippen molar-refractivity contribution in [3.05, 3.63) is 34.9 Å². The third-order valence-electron chi connectivity index (χ3n) is 1.87. The molecule has 10 heavy (non-hydrogen) atoms. The standard InChI is InChI=1S/C9H11O/c1-7-4-3-5-9(6-10)8(7)2/h3-5H,6H2,1-2H3. The molecule has 0 N–H and O–H groups in total. The second-order valence-electron chi connectivity index (χ2n) is 2.50. The van der Waals surface area contributed by atoms with Crippen LogP contribution < -0.4 is 0 Å². The molecule has 1 aromatic rings. The number of aryl methyl sites for hydroxylation is 1. The van der Waals surface area contributed by atoms with Gasteiger partial charge in [-0.05, 0) is 30.5 Å². The molecule has 1 aromatic carbocycles. The Labute approximate surface area is 61.3 Å². The van der Waals surface area contributed by atoms with Crippen molar-refractivity contribution < 1.29 is 5.11 Å². The van der Waals surface area contributed by atoms with Gasteiger partial charge in [0.15, 0.2) is 0 Å². The summed E-state index contributed by atoms with van der Waals surface area (Å²) in [5.74, 6) is 0. The van der Waals surface area contributed by atoms with Crippen LogP contribution in [0.3, 0.4) is 0 Å². The Morgan fingerprint density at radius 3 is 2.50 bits per heavy atom. The van der Waals surface area contributed by atoms with Gasteiger partial charge in [0.2, 0.25) is 0 Å². The minimum absolute atomic E-state index is 0.104. The van der Waals surface area contributed by atoms with Crippen LogP contribution in [0.15, 0.2) is 18.2 Å². The van der Waals surface area contributed by atoms with E-state index in [1.54, 1.807) is 0 Å². The summed E-state index contributed by atoms with van der Waals surface area (Å²) in [4.78, 5) is 0. The average Bonchev–Trinajstić information content (AvgIpc) is 1.95. The molecule has 0 bridgehead atoms. The van der Waals surface area contributed by atoms with Crippen molar-refractivity contribution in [1.29, 1.82) is 0 Å². The molecule has 0 heterocycles. The molecule has 0 aromatic heterocycles. The highest BCUT2D eigenvalue weighted by Gasteiger charge is 1.97. The van der Waals surface area contributed by atoms with Crippen molar-refractivity contribution in [3.63, 3.8) is 0 Å². The summed E-state index contributed by atoms with van der Waals surface area (Å²) in [6, 6.07) is 5.83. The van der Waals surface area contributed by atoms with Gasteiger partial charge in [-0.1, -0.05) is 18.2 Å². The largest absolute Gasteiger partial charge is 0.232 e. The van der Waals surface area contributed by atoms with Gasteiger partial charge < -0.3 is 0 Å². The van der Waals surface area contributed by atoms with Gasteiger partial charge in [-0.2, -0.15) is 0 Å². The molecule has 0 amide bonds. The van der Waals surface area contributed by atoms with E-state index < -0.39 is 0 Å². The minimum atomic E-state index is -0.104. The van der Waals surface area contributed by atoms with E-state index in [2.05, 4.69) is 0 Å². The highest BCUT2D eigenvalue weighted by atomic mass is 16.3. The highest BCUT2D eigenvalue weighted by Crippen LogP contribution is 2.11. The van der Waals surface area contributed by atoms with Crippen LogP contribution in [0, 0.1) is 13.8 Å². The van der Waals surface area contributed by atoms with E-state index >= 15 is 0 Å². The maximum absolute atomic E-state index is 10.5. The molecular weight excluding hydrogens is 124 g/mol. The van der Waals surface area contributed by atoms with Crippen molar-refractivity contribution in [2.45, 2.75) is 20.5 Å². The zero-order valence-corrected chi connectivity index (χ0v) is 6.35. The second-order valence-corrected chi connectivity index (χ2v) is 2.50. The molecule has 1 radical (unpaired) electrons. The van der Waals surface area contributed by atoms with Crippen LogP contribution in [0.5, 0.6) is 0 Å². The summed E-state index contributed by atoms with van der Waals surface area (Å²) >= 11 is 0. The summed E-state index contributed by atoms with van der Waals surface area (Å²) in [5.41, 5.74) is 3.26. The Hall–Kier alpha value is -0.820. The van der Waals surface area contributed by atoms with Gasteiger partial charge in [0.1, 0.15) is 6.61 Å². The van der Waals surface area contributed by atoms with Gasteiger partial charge in [-0.3, -0.25) is 0 Å². The lowest BCUT2D eigenvalue weighted by Gasteiger charge is -2.02. The van der Waals surface area contributed by atoms with Crippen LogP contribution in [-0.4, -0.2) is 0 Å². The molecule has 0 fully saturated rings. The van der Waals surface area contributed by atoms with E-state index in [1.165, 1.54) is 5.56 Å². The van der Waals surface area contributed by atoms with E-state index in [4.69, 9.17) is 0 Å². The highest BCUT2D eigenvalue weighted by molar-refractivity contribution is 5.32. The molecule has 0 saturated heterocycles. The Bertz CT molecular complexity index is 228. The Kier molecular flexibility index (Phi) is 2.07. The van der Waals surface area contributed by atoms with Crippen LogP contribution in [0.25, 0.3) is 0 Å². The lowest BCUT2D eigenvalue weighted by Crippen LogP contribution is -1.89. The van der Waals surface area contributed by atoms with E-state index in [-0.39, 0.29) is 6.61 Å².